The molecule has 94 valence electrons. The first kappa shape index (κ1) is 14.2. The Labute approximate surface area is 105 Å². The summed E-state index contributed by atoms with van der Waals surface area (Å²) in [5, 5.41) is 8.00. The number of ketones is 1. The number of halogens is 1. The van der Waals surface area contributed by atoms with E-state index in [2.05, 4.69) is 0 Å². The number of carbonyl (C=O) groups excluding carboxylic acids is 1. The second-order valence-electron chi connectivity index (χ2n) is 3.50. The summed E-state index contributed by atoms with van der Waals surface area (Å²) in [7, 11) is -3.61. The highest BCUT2D eigenvalue weighted by atomic mass is 35.5. The fourth-order valence-electron chi connectivity index (χ4n) is 1.39. The Morgan fingerprint density at radius 2 is 2.12 bits per heavy atom. The predicted molar refractivity (Wildman–Crippen MR) is 66.1 cm³/mol. The zero-order valence-corrected chi connectivity index (χ0v) is 10.8. The lowest BCUT2D eigenvalue weighted by atomic mass is 10.1. The minimum absolute atomic E-state index is 0.188. The van der Waals surface area contributed by atoms with Gasteiger partial charge in [0.1, 0.15) is 5.25 Å². The average Bonchev–Trinajstić information content (AvgIpc) is 2.29. The van der Waals surface area contributed by atoms with Crippen molar-refractivity contribution in [2.75, 3.05) is 12.4 Å². The zero-order chi connectivity index (χ0) is 13.1. The second kappa shape index (κ2) is 5.62. The predicted octanol–water partition coefficient (Wildman–Crippen LogP) is 1.32. The van der Waals surface area contributed by atoms with Crippen LogP contribution < -0.4 is 0 Å². The van der Waals surface area contributed by atoms with Gasteiger partial charge >= 0.3 is 0 Å². The molecule has 0 aliphatic heterocycles. The standard InChI is InChI=1S/C11H13ClO4S/c1-2-17(15,16)10(7-13)11(14)8-4-3-5-9(12)6-8/h3-6,10,13H,2,7H2,1H3/t10-/m1/s1. The molecule has 0 heterocycles. The normalized spacial score (nSPS) is 13.4. The molecule has 1 aromatic carbocycles. The Morgan fingerprint density at radius 3 is 2.59 bits per heavy atom. The maximum atomic E-state index is 11.9. The molecule has 4 nitrogen and oxygen atoms in total. The SMILES string of the molecule is CCS(=O)(=O)[C@H](CO)C(=O)c1cccc(Cl)c1. The molecule has 0 aromatic heterocycles. The number of Topliss-reactive ketones (excluding diaryl/α,β-unsaturated/α-hetero) is 1. The maximum absolute atomic E-state index is 11.9. The van der Waals surface area contributed by atoms with Crippen LogP contribution in [0.15, 0.2) is 24.3 Å². The van der Waals surface area contributed by atoms with E-state index in [4.69, 9.17) is 16.7 Å². The number of rotatable bonds is 5. The Balaban J connectivity index is 3.11. The van der Waals surface area contributed by atoms with E-state index < -0.39 is 27.5 Å². The second-order valence-corrected chi connectivity index (χ2v) is 6.41. The molecule has 1 atom stereocenters. The van der Waals surface area contributed by atoms with Crippen LogP contribution in [0.3, 0.4) is 0 Å². The van der Waals surface area contributed by atoms with E-state index in [1.807, 2.05) is 0 Å². The van der Waals surface area contributed by atoms with E-state index in [1.165, 1.54) is 19.1 Å². The van der Waals surface area contributed by atoms with Crippen molar-refractivity contribution in [1.82, 2.24) is 0 Å². The van der Waals surface area contributed by atoms with Gasteiger partial charge in [-0.1, -0.05) is 30.7 Å². The molecule has 1 aromatic rings. The molecule has 0 amide bonds. The largest absolute Gasteiger partial charge is 0.395 e. The summed E-state index contributed by atoms with van der Waals surface area (Å²) in [5.74, 6) is -0.818. The van der Waals surface area contributed by atoms with E-state index in [-0.39, 0.29) is 11.3 Å². The molecule has 0 saturated carbocycles. The van der Waals surface area contributed by atoms with Crippen LogP contribution in [0.5, 0.6) is 0 Å². The highest BCUT2D eigenvalue weighted by molar-refractivity contribution is 7.92. The van der Waals surface area contributed by atoms with Crippen LogP contribution in [0.25, 0.3) is 0 Å². The smallest absolute Gasteiger partial charge is 0.183 e. The highest BCUT2D eigenvalue weighted by Crippen LogP contribution is 2.15. The molecule has 0 aliphatic rings. The van der Waals surface area contributed by atoms with Crippen LogP contribution in [0.4, 0.5) is 0 Å². The van der Waals surface area contributed by atoms with E-state index in [1.54, 1.807) is 12.1 Å². The van der Waals surface area contributed by atoms with Crippen molar-refractivity contribution in [3.05, 3.63) is 34.9 Å². The van der Waals surface area contributed by atoms with Gasteiger partial charge in [-0.05, 0) is 12.1 Å². The molecule has 0 unspecified atom stereocenters. The van der Waals surface area contributed by atoms with E-state index >= 15 is 0 Å². The molecular formula is C11H13ClO4S. The molecule has 0 spiro atoms. The number of sulfone groups is 1. The fourth-order valence-corrected chi connectivity index (χ4v) is 2.67. The van der Waals surface area contributed by atoms with Crippen LogP contribution in [-0.2, 0) is 9.84 Å². The Hall–Kier alpha value is -0.910. The molecule has 1 rings (SSSR count). The van der Waals surface area contributed by atoms with Gasteiger partial charge in [0.05, 0.1) is 6.61 Å². The molecule has 0 aliphatic carbocycles. The molecular weight excluding hydrogens is 264 g/mol. The third-order valence-electron chi connectivity index (χ3n) is 2.40. The topological polar surface area (TPSA) is 71.4 Å². The van der Waals surface area contributed by atoms with E-state index in [0.29, 0.717) is 5.02 Å². The molecule has 0 saturated heterocycles. The average molecular weight is 277 g/mol. The molecule has 1 N–H and O–H groups in total. The lowest BCUT2D eigenvalue weighted by Crippen LogP contribution is -2.35. The summed E-state index contributed by atoms with van der Waals surface area (Å²) in [6, 6.07) is 6.00. The third kappa shape index (κ3) is 3.28. The molecule has 0 bridgehead atoms. The number of aliphatic hydroxyl groups excluding tert-OH is 1. The Kier molecular flexibility index (Phi) is 4.68. The quantitative estimate of drug-likeness (QED) is 0.824. The van der Waals surface area contributed by atoms with Crippen molar-refractivity contribution in [3.8, 4) is 0 Å². The van der Waals surface area contributed by atoms with Gasteiger partial charge < -0.3 is 5.11 Å². The number of aliphatic hydroxyl groups is 1. The first-order valence-corrected chi connectivity index (χ1v) is 7.14. The number of carbonyl (C=O) groups is 1. The van der Waals surface area contributed by atoms with Crippen molar-refractivity contribution in [1.29, 1.82) is 0 Å². The van der Waals surface area contributed by atoms with Crippen LogP contribution >= 0.6 is 11.6 Å². The number of benzene rings is 1. The van der Waals surface area contributed by atoms with Gasteiger partial charge in [-0.3, -0.25) is 4.79 Å². The zero-order valence-electron chi connectivity index (χ0n) is 9.26. The van der Waals surface area contributed by atoms with Crippen LogP contribution in [-0.4, -0.2) is 36.9 Å². The van der Waals surface area contributed by atoms with E-state index in [0.717, 1.165) is 0 Å². The molecule has 0 radical (unpaired) electrons. The van der Waals surface area contributed by atoms with Gasteiger partial charge in [0.2, 0.25) is 0 Å². The summed E-state index contributed by atoms with van der Waals surface area (Å²) in [5.41, 5.74) is 0.188. The van der Waals surface area contributed by atoms with Crippen molar-refractivity contribution in [3.63, 3.8) is 0 Å². The number of hydrogen-bond acceptors (Lipinski definition) is 4. The fraction of sp³-hybridized carbons (Fsp3) is 0.364. The van der Waals surface area contributed by atoms with E-state index in [9.17, 15) is 13.2 Å². The van der Waals surface area contributed by atoms with Crippen molar-refractivity contribution in [2.45, 2.75) is 12.2 Å². The first-order valence-electron chi connectivity index (χ1n) is 5.04. The van der Waals surface area contributed by atoms with Crippen molar-refractivity contribution < 1.29 is 18.3 Å². The summed E-state index contributed by atoms with van der Waals surface area (Å²) >= 11 is 5.72. The third-order valence-corrected chi connectivity index (χ3v) is 4.67. The van der Waals surface area contributed by atoms with Crippen molar-refractivity contribution in [2.24, 2.45) is 0 Å². The lowest BCUT2D eigenvalue weighted by Gasteiger charge is -2.12. The van der Waals surface area contributed by atoms with Gasteiger partial charge in [0.25, 0.3) is 0 Å². The highest BCUT2D eigenvalue weighted by Gasteiger charge is 2.31. The summed E-state index contributed by atoms with van der Waals surface area (Å²) in [4.78, 5) is 11.9. The van der Waals surface area contributed by atoms with Crippen LogP contribution in [0.1, 0.15) is 17.3 Å². The van der Waals surface area contributed by atoms with Crippen LogP contribution in [0, 0.1) is 0 Å². The van der Waals surface area contributed by atoms with Gasteiger partial charge in [0.15, 0.2) is 15.6 Å². The summed E-state index contributed by atoms with van der Waals surface area (Å²) in [6.45, 7) is 0.713. The van der Waals surface area contributed by atoms with Gasteiger partial charge in [-0.25, -0.2) is 8.42 Å². The molecule has 17 heavy (non-hydrogen) atoms. The Morgan fingerprint density at radius 1 is 1.47 bits per heavy atom. The first-order chi connectivity index (χ1) is 7.92. The summed E-state index contributed by atoms with van der Waals surface area (Å²) < 4.78 is 23.2. The molecule has 0 fully saturated rings. The van der Waals surface area contributed by atoms with Crippen molar-refractivity contribution >= 4 is 27.2 Å². The van der Waals surface area contributed by atoms with Gasteiger partial charge in [-0.15, -0.1) is 0 Å². The minimum Gasteiger partial charge on any atom is -0.395 e. The van der Waals surface area contributed by atoms with Crippen LogP contribution in [0.2, 0.25) is 5.02 Å². The van der Waals surface area contributed by atoms with Gasteiger partial charge in [0, 0.05) is 16.3 Å². The Bertz CT molecular complexity index is 510. The summed E-state index contributed by atoms with van der Waals surface area (Å²) in [6.07, 6.45) is 0. The maximum Gasteiger partial charge on any atom is 0.183 e. The monoisotopic (exact) mass is 276 g/mol. The molecule has 6 heteroatoms. The number of hydrogen-bond donors (Lipinski definition) is 1. The minimum atomic E-state index is -3.61. The lowest BCUT2D eigenvalue weighted by molar-refractivity contribution is 0.0961. The van der Waals surface area contributed by atoms with Gasteiger partial charge in [-0.2, -0.15) is 0 Å².